The third-order valence-electron chi connectivity index (χ3n) is 3.24. The molecule has 2 rings (SSSR count). The van der Waals surface area contributed by atoms with Crippen LogP contribution in [0.15, 0.2) is 29.3 Å². The van der Waals surface area contributed by atoms with Crippen molar-refractivity contribution in [3.8, 4) is 0 Å². The topological polar surface area (TPSA) is 84.5 Å². The molecule has 20 heavy (non-hydrogen) atoms. The lowest BCUT2D eigenvalue weighted by Crippen LogP contribution is -2.52. The Bertz CT molecular complexity index is 584. The molecule has 1 aromatic carbocycles. The van der Waals surface area contributed by atoms with E-state index in [0.717, 1.165) is 0 Å². The van der Waals surface area contributed by atoms with Crippen LogP contribution < -0.4 is 11.1 Å². The summed E-state index contributed by atoms with van der Waals surface area (Å²) in [5.74, 6) is -2.98. The highest BCUT2D eigenvalue weighted by Gasteiger charge is 2.36. The van der Waals surface area contributed by atoms with Crippen molar-refractivity contribution in [1.82, 2.24) is 5.32 Å². The highest BCUT2D eigenvalue weighted by molar-refractivity contribution is 6.20. The van der Waals surface area contributed by atoms with Crippen molar-refractivity contribution >= 4 is 17.6 Å². The molecule has 0 spiro atoms. The maximum Gasteiger partial charge on any atom is 0.264 e. The summed E-state index contributed by atoms with van der Waals surface area (Å²) >= 11 is 0. The van der Waals surface area contributed by atoms with E-state index >= 15 is 0 Å². The van der Waals surface area contributed by atoms with Crippen LogP contribution >= 0.6 is 0 Å². The zero-order chi connectivity index (χ0) is 14.9. The van der Waals surface area contributed by atoms with Crippen molar-refractivity contribution in [1.29, 1.82) is 0 Å². The predicted octanol–water partition coefficient (Wildman–Crippen LogP) is 0.948. The number of hydrogen-bond donors (Lipinski definition) is 2. The molecule has 2 unspecified atom stereocenters. The first kappa shape index (κ1) is 14.3. The molecule has 0 radical (unpaired) electrons. The molecule has 0 aliphatic carbocycles. The molecule has 0 bridgehead atoms. The largest absolute Gasteiger partial charge is 0.321 e. The first-order chi connectivity index (χ1) is 9.41. The summed E-state index contributed by atoms with van der Waals surface area (Å²) in [6.45, 7) is 3.71. The van der Waals surface area contributed by atoms with Crippen molar-refractivity contribution in [3.05, 3.63) is 35.6 Å². The van der Waals surface area contributed by atoms with Crippen molar-refractivity contribution in [3.63, 3.8) is 0 Å². The quantitative estimate of drug-likeness (QED) is 0.807. The van der Waals surface area contributed by atoms with Gasteiger partial charge in [0.1, 0.15) is 17.6 Å². The molecule has 6 heteroatoms. The van der Waals surface area contributed by atoms with Crippen molar-refractivity contribution in [2.24, 2.45) is 16.6 Å². The van der Waals surface area contributed by atoms with Gasteiger partial charge in [-0.15, -0.1) is 0 Å². The van der Waals surface area contributed by atoms with Gasteiger partial charge in [-0.3, -0.25) is 9.59 Å². The minimum absolute atomic E-state index is 0.0202. The summed E-state index contributed by atoms with van der Waals surface area (Å²) in [5, 5.41) is 2.50. The number of carbonyl (C=O) groups excluding carboxylic acids is 2. The van der Waals surface area contributed by atoms with Crippen molar-refractivity contribution in [2.75, 3.05) is 0 Å². The third-order valence-corrected chi connectivity index (χ3v) is 3.24. The molecule has 3 N–H and O–H groups in total. The summed E-state index contributed by atoms with van der Waals surface area (Å²) in [7, 11) is 0. The second kappa shape index (κ2) is 5.50. The number of nitrogens with zero attached hydrogens (tertiary/aromatic N) is 1. The number of aliphatic imine (C=N–C) groups is 1. The van der Waals surface area contributed by atoms with Crippen LogP contribution in [-0.2, 0) is 9.59 Å². The van der Waals surface area contributed by atoms with Crippen molar-refractivity contribution < 1.29 is 14.0 Å². The van der Waals surface area contributed by atoms with Crippen molar-refractivity contribution in [2.45, 2.75) is 25.8 Å². The maximum atomic E-state index is 13.7. The van der Waals surface area contributed by atoms with E-state index in [9.17, 15) is 14.0 Å². The lowest BCUT2D eigenvalue weighted by molar-refractivity contribution is -0.130. The first-order valence-electron chi connectivity index (χ1n) is 6.35. The van der Waals surface area contributed by atoms with Gasteiger partial charge in [-0.25, -0.2) is 4.39 Å². The molecule has 5 nitrogen and oxygen atoms in total. The van der Waals surface area contributed by atoms with Crippen LogP contribution in [0, 0.1) is 11.7 Å². The van der Waals surface area contributed by atoms with E-state index in [2.05, 4.69) is 10.3 Å². The Kier molecular flexibility index (Phi) is 3.94. The molecule has 106 valence electrons. The molecule has 0 fully saturated rings. The van der Waals surface area contributed by atoms with Gasteiger partial charge in [-0.2, -0.15) is 4.99 Å². The van der Waals surface area contributed by atoms with E-state index in [4.69, 9.17) is 5.73 Å². The van der Waals surface area contributed by atoms with Gasteiger partial charge in [0.2, 0.25) is 5.91 Å². The summed E-state index contributed by atoms with van der Waals surface area (Å²) in [5.41, 5.74) is 5.88. The highest BCUT2D eigenvalue weighted by Crippen LogP contribution is 2.23. The Balaban J connectivity index is 2.35. The first-order valence-corrected chi connectivity index (χ1v) is 6.35. The Hall–Kier alpha value is -2.08. The average molecular weight is 277 g/mol. The third kappa shape index (κ3) is 2.60. The summed E-state index contributed by atoms with van der Waals surface area (Å²) in [4.78, 5) is 27.9. The minimum Gasteiger partial charge on any atom is -0.321 e. The Labute approximate surface area is 116 Å². The minimum atomic E-state index is -1.25. The molecule has 0 saturated carbocycles. The Morgan fingerprint density at radius 3 is 2.50 bits per heavy atom. The maximum absolute atomic E-state index is 13.7. The summed E-state index contributed by atoms with van der Waals surface area (Å²) in [6.07, 6.45) is 0. The number of hydrogen-bond acceptors (Lipinski definition) is 3. The smallest absolute Gasteiger partial charge is 0.264 e. The Morgan fingerprint density at radius 1 is 1.30 bits per heavy atom. The zero-order valence-electron chi connectivity index (χ0n) is 11.3. The molecule has 0 saturated heterocycles. The fourth-order valence-corrected chi connectivity index (χ4v) is 1.98. The van der Waals surface area contributed by atoms with Crippen LogP contribution in [0.3, 0.4) is 0 Å². The lowest BCUT2D eigenvalue weighted by Gasteiger charge is -2.25. The van der Waals surface area contributed by atoms with E-state index in [1.165, 1.54) is 18.2 Å². The fraction of sp³-hybridized carbons (Fsp3) is 0.357. The van der Waals surface area contributed by atoms with E-state index < -0.39 is 29.6 Å². The second-order valence-electron chi connectivity index (χ2n) is 5.05. The molecule has 1 heterocycles. The van der Waals surface area contributed by atoms with Gasteiger partial charge >= 0.3 is 0 Å². The van der Waals surface area contributed by atoms with E-state index in [0.29, 0.717) is 0 Å². The van der Waals surface area contributed by atoms with Gasteiger partial charge in [-0.1, -0.05) is 32.0 Å². The van der Waals surface area contributed by atoms with Gasteiger partial charge in [0.05, 0.1) is 6.04 Å². The number of carbonyl (C=O) groups is 2. The number of rotatable bonds is 3. The lowest BCUT2D eigenvalue weighted by atomic mass is 9.94. The standard InChI is InChI=1S/C14H16FN3O2/c1-7(2)11(16)12-17-13(19)10(14(20)18-12)8-5-3-4-6-9(8)15/h3-7,10-11H,16H2,1-2H3,(H,17,18,19,20). The van der Waals surface area contributed by atoms with Crippen LogP contribution in [0.2, 0.25) is 0 Å². The number of nitrogens with two attached hydrogens (primary N) is 1. The van der Waals surface area contributed by atoms with E-state index in [1.54, 1.807) is 6.07 Å². The van der Waals surface area contributed by atoms with Crippen LogP contribution in [0.4, 0.5) is 4.39 Å². The molecular formula is C14H16FN3O2. The molecular weight excluding hydrogens is 261 g/mol. The Morgan fingerprint density at radius 2 is 1.95 bits per heavy atom. The second-order valence-corrected chi connectivity index (χ2v) is 5.05. The number of halogens is 1. The van der Waals surface area contributed by atoms with Crippen LogP contribution in [0.1, 0.15) is 25.3 Å². The molecule has 1 aromatic rings. The predicted molar refractivity (Wildman–Crippen MR) is 72.5 cm³/mol. The number of nitrogens with one attached hydrogen (secondary N) is 1. The fourth-order valence-electron chi connectivity index (χ4n) is 1.98. The van der Waals surface area contributed by atoms with Crippen LogP contribution in [0.5, 0.6) is 0 Å². The molecule has 2 amide bonds. The monoisotopic (exact) mass is 277 g/mol. The highest BCUT2D eigenvalue weighted by atomic mass is 19.1. The zero-order valence-corrected chi connectivity index (χ0v) is 11.3. The number of amides is 2. The van der Waals surface area contributed by atoms with E-state index in [-0.39, 0.29) is 17.3 Å². The molecule has 2 atom stereocenters. The average Bonchev–Trinajstić information content (AvgIpc) is 2.39. The molecule has 0 aromatic heterocycles. The van der Waals surface area contributed by atoms with E-state index in [1.807, 2.05) is 13.8 Å². The van der Waals surface area contributed by atoms with Gasteiger partial charge in [0.15, 0.2) is 0 Å². The van der Waals surface area contributed by atoms with Crippen LogP contribution in [-0.4, -0.2) is 23.7 Å². The molecule has 1 aliphatic heterocycles. The van der Waals surface area contributed by atoms with Gasteiger partial charge in [-0.05, 0) is 12.0 Å². The van der Waals surface area contributed by atoms with Gasteiger partial charge in [0, 0.05) is 5.56 Å². The number of amidine groups is 1. The normalized spacial score (nSPS) is 20.6. The van der Waals surface area contributed by atoms with Gasteiger partial charge < -0.3 is 11.1 Å². The SMILES string of the molecule is CC(C)C(N)C1=NC(=O)C(c2ccccc2F)C(=O)N1. The molecule has 1 aliphatic rings. The van der Waals surface area contributed by atoms with Crippen LogP contribution in [0.25, 0.3) is 0 Å². The summed E-state index contributed by atoms with van der Waals surface area (Å²) in [6, 6.07) is 5.13. The summed E-state index contributed by atoms with van der Waals surface area (Å²) < 4.78 is 13.7. The van der Waals surface area contributed by atoms with Gasteiger partial charge in [0.25, 0.3) is 5.91 Å². The number of benzene rings is 1.